The number of carbonyl (C=O) groups excluding carboxylic acids is 2. The van der Waals surface area contributed by atoms with E-state index in [-0.39, 0.29) is 43.0 Å². The van der Waals surface area contributed by atoms with Gasteiger partial charge in [0.15, 0.2) is 0 Å². The van der Waals surface area contributed by atoms with Crippen LogP contribution >= 0.6 is 0 Å². The number of fused-ring (bicyclic) bond motifs is 1. The summed E-state index contributed by atoms with van der Waals surface area (Å²) in [5.74, 6) is -0.127. The number of rotatable bonds is 8. The minimum atomic E-state index is -4.56. The van der Waals surface area contributed by atoms with Crippen LogP contribution in [0.3, 0.4) is 0 Å². The Hall–Kier alpha value is -3.31. The van der Waals surface area contributed by atoms with Gasteiger partial charge in [0.1, 0.15) is 11.9 Å². The molecule has 2 saturated carbocycles. The molecule has 6 unspecified atom stereocenters. The second-order valence-corrected chi connectivity index (χ2v) is 11.9. The van der Waals surface area contributed by atoms with Crippen LogP contribution in [0, 0.1) is 22.7 Å². The minimum Gasteiger partial charge on any atom is -0.496 e. The molecule has 0 radical (unpaired) electrons. The van der Waals surface area contributed by atoms with Gasteiger partial charge in [-0.2, -0.15) is 13.2 Å². The number of aliphatic hydroxyl groups excluding tert-OH is 2. The number of methoxy groups -OCH3 is 1. The number of halogens is 3. The maximum absolute atomic E-state index is 13.1. The van der Waals surface area contributed by atoms with Crippen LogP contribution < -0.4 is 15.4 Å². The van der Waals surface area contributed by atoms with E-state index in [0.29, 0.717) is 31.4 Å². The normalized spacial score (nSPS) is 29.2. The highest BCUT2D eigenvalue weighted by Crippen LogP contribution is 2.61. The van der Waals surface area contributed by atoms with Crippen molar-refractivity contribution in [3.8, 4) is 5.75 Å². The van der Waals surface area contributed by atoms with Gasteiger partial charge in [-0.25, -0.2) is 4.79 Å². The van der Waals surface area contributed by atoms with Crippen LogP contribution in [0.1, 0.15) is 57.1 Å². The quantitative estimate of drug-likeness (QED) is 0.321. The van der Waals surface area contributed by atoms with Crippen LogP contribution in [0.25, 0.3) is 0 Å². The van der Waals surface area contributed by atoms with Crippen LogP contribution in [0.15, 0.2) is 48.5 Å². The van der Waals surface area contributed by atoms with E-state index in [1.165, 1.54) is 12.1 Å². The minimum absolute atomic E-state index is 0.0545. The topological polar surface area (TPSA) is 117 Å². The van der Waals surface area contributed by atoms with Gasteiger partial charge in [0.25, 0.3) is 0 Å². The predicted octanol–water partition coefficient (Wildman–Crippen LogP) is 5.52. The summed E-state index contributed by atoms with van der Waals surface area (Å²) in [6.45, 7) is 3.81. The fraction of sp³-hybridized carbons (Fsp3) is 0.548. The van der Waals surface area contributed by atoms with Crippen LogP contribution in [0.2, 0.25) is 0 Å². The maximum atomic E-state index is 13.1. The molecule has 230 valence electrons. The van der Waals surface area contributed by atoms with Gasteiger partial charge < -0.3 is 25.0 Å². The first-order valence-corrected chi connectivity index (χ1v) is 14.1. The molecule has 2 aromatic rings. The lowest BCUT2D eigenvalue weighted by molar-refractivity contribution is -0.185. The number of para-hydroxylation sites is 1. The molecule has 0 aliphatic heterocycles. The maximum Gasteiger partial charge on any atom is 0.416 e. The van der Waals surface area contributed by atoms with Crippen molar-refractivity contribution in [3.05, 3.63) is 59.7 Å². The van der Waals surface area contributed by atoms with Crippen molar-refractivity contribution in [1.29, 1.82) is 0 Å². The van der Waals surface area contributed by atoms with Crippen LogP contribution in [0.4, 0.5) is 23.7 Å². The average Bonchev–Trinajstić information content (AvgIpc) is 2.95. The van der Waals surface area contributed by atoms with Crippen molar-refractivity contribution in [3.63, 3.8) is 0 Å². The SMILES string of the molecule is COc1ccccc1CNC(=O)CC1C(O)CCC2C(C)(CO)C(OC(=O)Nc3cccc(C(F)(F)F)c3)CCC12C. The van der Waals surface area contributed by atoms with Gasteiger partial charge in [0, 0.05) is 29.6 Å². The molecule has 4 N–H and O–H groups in total. The largest absolute Gasteiger partial charge is 0.496 e. The van der Waals surface area contributed by atoms with E-state index in [9.17, 15) is 33.0 Å². The third-order valence-corrected chi connectivity index (χ3v) is 9.44. The Kier molecular flexibility index (Phi) is 9.42. The molecule has 11 heteroatoms. The molecule has 0 bridgehead atoms. The second-order valence-electron chi connectivity index (χ2n) is 11.9. The van der Waals surface area contributed by atoms with Gasteiger partial charge in [0.2, 0.25) is 5.91 Å². The summed E-state index contributed by atoms with van der Waals surface area (Å²) in [5.41, 5.74) is -1.55. The molecule has 2 fully saturated rings. The van der Waals surface area contributed by atoms with E-state index in [0.717, 1.165) is 17.7 Å². The molecule has 6 atom stereocenters. The van der Waals surface area contributed by atoms with Crippen molar-refractivity contribution >= 4 is 17.7 Å². The molecule has 0 saturated heterocycles. The highest BCUT2D eigenvalue weighted by Gasteiger charge is 2.60. The van der Waals surface area contributed by atoms with E-state index < -0.39 is 40.9 Å². The first kappa shape index (κ1) is 31.6. The third kappa shape index (κ3) is 6.52. The van der Waals surface area contributed by atoms with Gasteiger partial charge in [-0.05, 0) is 67.2 Å². The molecule has 0 heterocycles. The smallest absolute Gasteiger partial charge is 0.416 e. The summed E-state index contributed by atoms with van der Waals surface area (Å²) in [7, 11) is 1.56. The zero-order valence-electron chi connectivity index (χ0n) is 24.0. The number of hydrogen-bond donors (Lipinski definition) is 4. The fourth-order valence-corrected chi connectivity index (χ4v) is 7.14. The van der Waals surface area contributed by atoms with Gasteiger partial charge in [-0.1, -0.05) is 38.1 Å². The third-order valence-electron chi connectivity index (χ3n) is 9.44. The highest BCUT2D eigenvalue weighted by atomic mass is 19.4. The number of hydrogen-bond acceptors (Lipinski definition) is 6. The number of carbonyl (C=O) groups is 2. The number of amides is 2. The van der Waals surface area contributed by atoms with Crippen molar-refractivity contribution < 1.29 is 42.4 Å². The monoisotopic (exact) mass is 592 g/mol. The van der Waals surface area contributed by atoms with Crippen molar-refractivity contribution in [2.24, 2.45) is 22.7 Å². The van der Waals surface area contributed by atoms with Gasteiger partial charge in [-0.3, -0.25) is 10.1 Å². The molecule has 2 amide bonds. The highest BCUT2D eigenvalue weighted by molar-refractivity contribution is 5.84. The molecule has 8 nitrogen and oxygen atoms in total. The van der Waals surface area contributed by atoms with Gasteiger partial charge >= 0.3 is 12.3 Å². The lowest BCUT2D eigenvalue weighted by Crippen LogP contribution is -2.61. The molecule has 0 spiro atoms. The number of nitrogens with one attached hydrogen (secondary N) is 2. The summed E-state index contributed by atoms with van der Waals surface area (Å²) in [6, 6.07) is 11.7. The van der Waals surface area contributed by atoms with Crippen LogP contribution in [-0.4, -0.2) is 48.1 Å². The summed E-state index contributed by atoms with van der Waals surface area (Å²) in [6.07, 6.45) is -4.96. The van der Waals surface area contributed by atoms with Crippen molar-refractivity contribution in [1.82, 2.24) is 5.32 Å². The first-order chi connectivity index (χ1) is 19.8. The lowest BCUT2D eigenvalue weighted by Gasteiger charge is -2.60. The Morgan fingerprint density at radius 3 is 2.50 bits per heavy atom. The van der Waals surface area contributed by atoms with Crippen molar-refractivity contribution in [2.45, 2.75) is 70.9 Å². The molecule has 2 aliphatic carbocycles. The molecule has 2 aromatic carbocycles. The number of anilines is 1. The van der Waals surface area contributed by atoms with Gasteiger partial charge in [0.05, 0.1) is 25.4 Å². The summed E-state index contributed by atoms with van der Waals surface area (Å²) >= 11 is 0. The predicted molar refractivity (Wildman–Crippen MR) is 150 cm³/mol. The number of ether oxygens (including phenoxy) is 2. The summed E-state index contributed by atoms with van der Waals surface area (Å²) in [4.78, 5) is 25.9. The molecular formula is C31H39F3N2O6. The Bertz CT molecular complexity index is 1270. The lowest BCUT2D eigenvalue weighted by atomic mass is 9.46. The summed E-state index contributed by atoms with van der Waals surface area (Å²) in [5, 5.41) is 27.0. The molecule has 0 aromatic heterocycles. The van der Waals surface area contributed by atoms with E-state index in [4.69, 9.17) is 9.47 Å². The average molecular weight is 593 g/mol. The van der Waals surface area contributed by atoms with Gasteiger partial charge in [-0.15, -0.1) is 0 Å². The fourth-order valence-electron chi connectivity index (χ4n) is 7.14. The Morgan fingerprint density at radius 1 is 1.07 bits per heavy atom. The zero-order valence-corrected chi connectivity index (χ0v) is 24.0. The van der Waals surface area contributed by atoms with E-state index in [2.05, 4.69) is 10.6 Å². The molecular weight excluding hydrogens is 553 g/mol. The summed E-state index contributed by atoms with van der Waals surface area (Å²) < 4.78 is 50.4. The molecule has 42 heavy (non-hydrogen) atoms. The van der Waals surface area contributed by atoms with E-state index in [1.807, 2.05) is 38.1 Å². The van der Waals surface area contributed by atoms with E-state index in [1.54, 1.807) is 7.11 Å². The second kappa shape index (κ2) is 12.5. The zero-order chi connectivity index (χ0) is 30.7. The number of alkyl halides is 3. The Morgan fingerprint density at radius 2 is 1.81 bits per heavy atom. The van der Waals surface area contributed by atoms with E-state index >= 15 is 0 Å². The Balaban J connectivity index is 1.45. The first-order valence-electron chi connectivity index (χ1n) is 14.1. The van der Waals surface area contributed by atoms with Crippen LogP contribution in [-0.2, 0) is 22.3 Å². The standard InChI is InChI=1S/C31H39F3N2O6/c1-29-14-13-26(42-28(40)36-21-9-6-8-20(15-21)31(32,33)34)30(2,18-37)25(29)12-11-23(38)22(29)16-27(39)35-17-19-7-4-5-10-24(19)41-3/h4-10,15,22-23,25-26,37-38H,11-14,16-18H2,1-3H3,(H,35,39)(H,36,40). The number of aliphatic hydroxyl groups is 2. The Labute approximate surface area is 243 Å². The van der Waals surface area contributed by atoms with Crippen molar-refractivity contribution in [2.75, 3.05) is 19.0 Å². The number of benzene rings is 2. The molecule has 4 rings (SSSR count). The van der Waals surface area contributed by atoms with Crippen LogP contribution in [0.5, 0.6) is 5.75 Å². The molecule has 2 aliphatic rings.